The Morgan fingerprint density at radius 2 is 0.783 bits per heavy atom. The summed E-state index contributed by atoms with van der Waals surface area (Å²) in [5.74, 6) is -11.2. The Labute approximate surface area is 262 Å². The summed E-state index contributed by atoms with van der Waals surface area (Å²) in [4.78, 5) is 108. The summed E-state index contributed by atoms with van der Waals surface area (Å²) in [6.45, 7) is 0.263. The first-order valence-corrected chi connectivity index (χ1v) is 14.3. The third kappa shape index (κ3) is 18.1. The van der Waals surface area contributed by atoms with Crippen LogP contribution in [0.25, 0.3) is 0 Å². The Balaban J connectivity index is 6.03. The lowest BCUT2D eigenvalue weighted by Crippen LogP contribution is -2.58. The topological polar surface area (TPSA) is 355 Å². The Bertz CT molecular complexity index is 1120. The van der Waals surface area contributed by atoms with Gasteiger partial charge in [-0.25, -0.2) is 4.79 Å². The third-order valence-corrected chi connectivity index (χ3v) is 6.41. The van der Waals surface area contributed by atoms with Crippen LogP contribution >= 0.6 is 0 Å². The van der Waals surface area contributed by atoms with Gasteiger partial charge in [0.1, 0.15) is 24.2 Å². The second-order valence-electron chi connectivity index (χ2n) is 10.2. The van der Waals surface area contributed by atoms with E-state index in [1.165, 1.54) is 0 Å². The molecule has 0 aliphatic heterocycles. The van der Waals surface area contributed by atoms with E-state index in [1.54, 1.807) is 0 Å². The Morgan fingerprint density at radius 1 is 0.457 bits per heavy atom. The highest BCUT2D eigenvalue weighted by molar-refractivity contribution is 5.96. The Kier molecular flexibility index (Phi) is 19.5. The van der Waals surface area contributed by atoms with Crippen LogP contribution in [0.4, 0.5) is 0 Å². The summed E-state index contributed by atoms with van der Waals surface area (Å²) >= 11 is 0. The molecule has 0 aromatic heterocycles. The second-order valence-corrected chi connectivity index (χ2v) is 10.2. The first-order chi connectivity index (χ1) is 21.5. The van der Waals surface area contributed by atoms with E-state index < -0.39 is 129 Å². The maximum absolute atomic E-state index is 13.2. The average Bonchev–Trinajstić information content (AvgIpc) is 2.96. The van der Waals surface area contributed by atoms with Gasteiger partial charge in [0.25, 0.3) is 0 Å². The molecule has 0 aromatic carbocycles. The number of nitrogens with one attached hydrogen (secondary N) is 4. The van der Waals surface area contributed by atoms with Gasteiger partial charge in [-0.1, -0.05) is 0 Å². The summed E-state index contributed by atoms with van der Waals surface area (Å²) in [5.41, 5.74) is 11.0. The molecule has 0 spiro atoms. The molecular formula is C26H42N6O14. The van der Waals surface area contributed by atoms with Crippen molar-refractivity contribution >= 4 is 53.5 Å². The van der Waals surface area contributed by atoms with Gasteiger partial charge in [0.05, 0.1) is 6.04 Å². The summed E-state index contributed by atoms with van der Waals surface area (Å²) in [6, 6.07) is -7.80. The van der Waals surface area contributed by atoms with Crippen LogP contribution in [0, 0.1) is 0 Å². The molecule has 0 saturated carbocycles. The van der Waals surface area contributed by atoms with Crippen molar-refractivity contribution in [3.8, 4) is 0 Å². The van der Waals surface area contributed by atoms with Crippen LogP contribution < -0.4 is 32.7 Å². The number of carboxylic acid groups (broad SMARTS) is 5. The first kappa shape index (κ1) is 41.1. The minimum absolute atomic E-state index is 0.0292. The fraction of sp³-hybridized carbons (Fsp3) is 0.654. The van der Waals surface area contributed by atoms with E-state index in [2.05, 4.69) is 21.3 Å². The third-order valence-electron chi connectivity index (χ3n) is 6.41. The van der Waals surface area contributed by atoms with E-state index in [4.69, 9.17) is 31.9 Å². The van der Waals surface area contributed by atoms with Crippen LogP contribution in [-0.2, 0) is 43.2 Å². The normalized spacial score (nSPS) is 14.0. The molecule has 260 valence electrons. The zero-order chi connectivity index (χ0) is 35.4. The fourth-order valence-corrected chi connectivity index (χ4v) is 3.87. The van der Waals surface area contributed by atoms with Crippen molar-refractivity contribution in [3.63, 3.8) is 0 Å². The minimum Gasteiger partial charge on any atom is -0.481 e. The lowest BCUT2D eigenvalue weighted by Gasteiger charge is -2.26. The summed E-state index contributed by atoms with van der Waals surface area (Å²) < 4.78 is 0. The molecule has 0 saturated heterocycles. The van der Waals surface area contributed by atoms with E-state index in [1.807, 2.05) is 0 Å². The molecule has 0 fully saturated rings. The number of carbonyl (C=O) groups is 9. The molecule has 0 radical (unpaired) electrons. The lowest BCUT2D eigenvalue weighted by atomic mass is 10.0. The average molecular weight is 663 g/mol. The van der Waals surface area contributed by atoms with Crippen molar-refractivity contribution in [2.24, 2.45) is 11.5 Å². The van der Waals surface area contributed by atoms with E-state index in [0.29, 0.717) is 12.8 Å². The quantitative estimate of drug-likeness (QED) is 0.0432. The molecule has 0 bridgehead atoms. The summed E-state index contributed by atoms with van der Waals surface area (Å²) in [7, 11) is 0. The molecule has 0 aromatic rings. The smallest absolute Gasteiger partial charge is 0.326 e. The molecule has 13 N–H and O–H groups in total. The molecule has 46 heavy (non-hydrogen) atoms. The molecule has 4 amide bonds. The fourth-order valence-electron chi connectivity index (χ4n) is 3.87. The number of nitrogens with two attached hydrogens (primary N) is 2. The van der Waals surface area contributed by atoms with Gasteiger partial charge in [0, 0.05) is 25.7 Å². The van der Waals surface area contributed by atoms with Gasteiger partial charge in [0.15, 0.2) is 0 Å². The molecule has 0 heterocycles. The Hall–Kier alpha value is -4.85. The number of hydrogen-bond acceptors (Lipinski definition) is 11. The van der Waals surface area contributed by atoms with E-state index in [0.717, 1.165) is 0 Å². The van der Waals surface area contributed by atoms with Crippen LogP contribution in [0.2, 0.25) is 0 Å². The van der Waals surface area contributed by atoms with Gasteiger partial charge in [-0.3, -0.25) is 38.4 Å². The van der Waals surface area contributed by atoms with E-state index in [9.17, 15) is 48.3 Å². The predicted octanol–water partition coefficient (Wildman–Crippen LogP) is -3.07. The van der Waals surface area contributed by atoms with Crippen LogP contribution in [0.1, 0.15) is 70.6 Å². The highest BCUT2D eigenvalue weighted by Gasteiger charge is 2.32. The number of aliphatic carboxylic acids is 5. The minimum atomic E-state index is -1.71. The van der Waals surface area contributed by atoms with Gasteiger partial charge >= 0.3 is 29.8 Å². The van der Waals surface area contributed by atoms with Gasteiger partial charge in [0.2, 0.25) is 23.6 Å². The number of amides is 4. The first-order valence-electron chi connectivity index (χ1n) is 14.3. The van der Waals surface area contributed by atoms with Crippen molar-refractivity contribution in [1.29, 1.82) is 0 Å². The van der Waals surface area contributed by atoms with Gasteiger partial charge in [-0.15, -0.1) is 0 Å². The molecule has 0 rings (SSSR count). The summed E-state index contributed by atoms with van der Waals surface area (Å²) in [5, 5.41) is 54.3. The van der Waals surface area contributed by atoms with E-state index in [-0.39, 0.29) is 19.4 Å². The number of unbranched alkanes of at least 4 members (excludes halogenated alkanes) is 1. The number of hydrogen-bond donors (Lipinski definition) is 11. The second kappa shape index (κ2) is 21.8. The standard InChI is InChI=1S/C26H42N6O14/c27-12-2-1-3-17(26(45)46)32-25(44)16(7-11-21(39)40)31-24(43)15(6-10-20(37)38)30-23(42)14(5-9-19(35)36)29-22(41)13(28)4-8-18(33)34/h13-17H,1-12,27-28H2,(H,29,41)(H,30,42)(H,31,43)(H,32,44)(H,33,34)(H,35,36)(H,37,38)(H,39,40)(H,45,46)/t13-,14-,15-,16-,17-/m0/s1. The SMILES string of the molecule is NCCCC[C@H](NC(=O)[C@H](CCC(=O)O)NC(=O)[C@H](CCC(=O)O)NC(=O)[C@H](CCC(=O)O)NC(=O)[C@@H](N)CCC(=O)O)C(=O)O. The van der Waals surface area contributed by atoms with Gasteiger partial charge in [-0.2, -0.15) is 0 Å². The zero-order valence-electron chi connectivity index (χ0n) is 24.9. The highest BCUT2D eigenvalue weighted by atomic mass is 16.4. The molecule has 5 atom stereocenters. The number of carboxylic acids is 5. The molecule has 20 nitrogen and oxygen atoms in total. The molecular weight excluding hydrogens is 620 g/mol. The predicted molar refractivity (Wildman–Crippen MR) is 154 cm³/mol. The molecule has 0 aliphatic rings. The monoisotopic (exact) mass is 662 g/mol. The van der Waals surface area contributed by atoms with Crippen molar-refractivity contribution in [3.05, 3.63) is 0 Å². The molecule has 20 heteroatoms. The van der Waals surface area contributed by atoms with Crippen LogP contribution in [0.3, 0.4) is 0 Å². The molecule has 0 aliphatic carbocycles. The number of rotatable bonds is 25. The maximum atomic E-state index is 13.2. The van der Waals surface area contributed by atoms with E-state index >= 15 is 0 Å². The highest BCUT2D eigenvalue weighted by Crippen LogP contribution is 2.08. The van der Waals surface area contributed by atoms with Crippen LogP contribution in [-0.4, -0.2) is 116 Å². The van der Waals surface area contributed by atoms with Crippen molar-refractivity contribution in [2.45, 2.75) is 101 Å². The zero-order valence-corrected chi connectivity index (χ0v) is 24.9. The lowest BCUT2D eigenvalue weighted by molar-refractivity contribution is -0.143. The number of carbonyl (C=O) groups excluding carboxylic acids is 4. The van der Waals surface area contributed by atoms with Crippen molar-refractivity contribution < 1.29 is 68.7 Å². The maximum Gasteiger partial charge on any atom is 0.326 e. The van der Waals surface area contributed by atoms with Crippen molar-refractivity contribution in [2.75, 3.05) is 6.54 Å². The Morgan fingerprint density at radius 3 is 1.11 bits per heavy atom. The van der Waals surface area contributed by atoms with Gasteiger partial charge < -0.3 is 58.3 Å². The van der Waals surface area contributed by atoms with Crippen LogP contribution in [0.5, 0.6) is 0 Å². The largest absolute Gasteiger partial charge is 0.481 e. The van der Waals surface area contributed by atoms with Crippen molar-refractivity contribution in [1.82, 2.24) is 21.3 Å². The summed E-state index contributed by atoms with van der Waals surface area (Å²) in [6.07, 6.45) is -3.68. The van der Waals surface area contributed by atoms with Gasteiger partial charge in [-0.05, 0) is 51.5 Å². The molecule has 0 unspecified atom stereocenters. The van der Waals surface area contributed by atoms with Crippen LogP contribution in [0.15, 0.2) is 0 Å².